The Morgan fingerprint density at radius 1 is 1.12 bits per heavy atom. The van der Waals surface area contributed by atoms with Crippen molar-refractivity contribution in [3.8, 4) is 5.69 Å². The van der Waals surface area contributed by atoms with Crippen LogP contribution in [0.25, 0.3) is 5.69 Å². The van der Waals surface area contributed by atoms with E-state index in [-0.39, 0.29) is 15.8 Å². The lowest BCUT2D eigenvalue weighted by atomic mass is 10.2. The summed E-state index contributed by atoms with van der Waals surface area (Å²) < 4.78 is 29.1. The van der Waals surface area contributed by atoms with Gasteiger partial charge in [0.2, 0.25) is 10.0 Å². The molecule has 0 atom stereocenters. The van der Waals surface area contributed by atoms with Crippen LogP contribution < -0.4 is 5.32 Å². The number of nitrogens with zero attached hydrogens (tertiary/aromatic N) is 3. The number of aromatic nitrogens is 2. The van der Waals surface area contributed by atoms with Crippen LogP contribution >= 0.6 is 11.6 Å². The Morgan fingerprint density at radius 2 is 1.84 bits per heavy atom. The van der Waals surface area contributed by atoms with Crippen molar-refractivity contribution in [3.63, 3.8) is 0 Å². The lowest BCUT2D eigenvalue weighted by molar-refractivity contribution is 0.102. The van der Waals surface area contributed by atoms with Crippen molar-refractivity contribution in [2.45, 2.75) is 38.0 Å². The zero-order valence-corrected chi connectivity index (χ0v) is 19.6. The zero-order chi connectivity index (χ0) is 22.9. The number of hydrogen-bond donors (Lipinski definition) is 1. The lowest BCUT2D eigenvalue weighted by Gasteiger charge is -2.19. The van der Waals surface area contributed by atoms with Crippen LogP contribution in [0.15, 0.2) is 53.4 Å². The Labute approximate surface area is 193 Å². The molecule has 1 aliphatic rings. The Morgan fingerprint density at radius 3 is 2.53 bits per heavy atom. The summed E-state index contributed by atoms with van der Waals surface area (Å²) in [6.45, 7) is 4.19. The Bertz CT molecular complexity index is 1250. The number of sulfonamides is 1. The largest absolute Gasteiger partial charge is 0.321 e. The first-order valence-electron chi connectivity index (χ1n) is 10.6. The molecule has 0 unspecified atom stereocenters. The van der Waals surface area contributed by atoms with E-state index in [9.17, 15) is 13.2 Å². The van der Waals surface area contributed by atoms with Gasteiger partial charge in [-0.05, 0) is 49.6 Å². The first-order chi connectivity index (χ1) is 15.4. The van der Waals surface area contributed by atoms with Gasteiger partial charge in [-0.3, -0.25) is 4.79 Å². The van der Waals surface area contributed by atoms with E-state index in [2.05, 4.69) is 10.4 Å². The smallest absolute Gasteiger partial charge is 0.276 e. The van der Waals surface area contributed by atoms with Gasteiger partial charge in [-0.2, -0.15) is 9.40 Å². The molecule has 9 heteroatoms. The number of carbonyl (C=O) groups excluding carboxylic acids is 1. The molecule has 0 saturated carbocycles. The third-order valence-electron chi connectivity index (χ3n) is 5.66. The van der Waals surface area contributed by atoms with Crippen molar-refractivity contribution in [1.82, 2.24) is 14.1 Å². The molecule has 32 heavy (non-hydrogen) atoms. The number of anilines is 1. The van der Waals surface area contributed by atoms with E-state index >= 15 is 0 Å². The fourth-order valence-electron chi connectivity index (χ4n) is 4.07. The molecule has 0 bridgehead atoms. The minimum Gasteiger partial charge on any atom is -0.321 e. The number of benzene rings is 2. The number of fused-ring (bicyclic) bond motifs is 1. The predicted molar refractivity (Wildman–Crippen MR) is 125 cm³/mol. The molecule has 0 aliphatic heterocycles. The number of carbonyl (C=O) groups is 1. The molecule has 0 saturated heterocycles. The van der Waals surface area contributed by atoms with Crippen molar-refractivity contribution in [1.29, 1.82) is 0 Å². The number of rotatable bonds is 7. The van der Waals surface area contributed by atoms with Crippen LogP contribution in [0.1, 0.15) is 42.0 Å². The van der Waals surface area contributed by atoms with Gasteiger partial charge in [0.05, 0.1) is 10.7 Å². The topological polar surface area (TPSA) is 84.3 Å². The molecule has 0 fully saturated rings. The van der Waals surface area contributed by atoms with Crippen molar-refractivity contribution in [2.24, 2.45) is 0 Å². The highest BCUT2D eigenvalue weighted by Gasteiger charge is 2.28. The average Bonchev–Trinajstić information content (AvgIpc) is 3.39. The SMILES string of the molecule is CCN(CC)S(=O)(=O)c1cc(NC(=O)c2nn(-c3ccccc3)c3c2CCC3)ccc1Cl. The fourth-order valence-corrected chi connectivity index (χ4v) is 6.03. The van der Waals surface area contributed by atoms with E-state index < -0.39 is 10.0 Å². The number of para-hydroxylation sites is 1. The van der Waals surface area contributed by atoms with E-state index in [1.165, 1.54) is 16.4 Å². The van der Waals surface area contributed by atoms with Gasteiger partial charge in [0, 0.05) is 30.0 Å². The molecule has 2 aromatic carbocycles. The first-order valence-corrected chi connectivity index (χ1v) is 12.5. The molecular weight excluding hydrogens is 448 g/mol. The van der Waals surface area contributed by atoms with Crippen molar-refractivity contribution < 1.29 is 13.2 Å². The molecule has 4 rings (SSSR count). The number of halogens is 1. The normalized spacial score (nSPS) is 13.4. The van der Waals surface area contributed by atoms with Gasteiger partial charge >= 0.3 is 0 Å². The summed E-state index contributed by atoms with van der Waals surface area (Å²) in [7, 11) is -3.77. The fraction of sp³-hybridized carbons (Fsp3) is 0.304. The molecule has 168 valence electrons. The van der Waals surface area contributed by atoms with Gasteiger partial charge in [-0.15, -0.1) is 0 Å². The average molecular weight is 473 g/mol. The lowest BCUT2D eigenvalue weighted by Crippen LogP contribution is -2.30. The summed E-state index contributed by atoms with van der Waals surface area (Å²) >= 11 is 6.21. The third-order valence-corrected chi connectivity index (χ3v) is 8.19. The summed E-state index contributed by atoms with van der Waals surface area (Å²) in [6, 6.07) is 14.2. The summed E-state index contributed by atoms with van der Waals surface area (Å²) in [6.07, 6.45) is 2.61. The standard InChI is InChI=1S/C23H25ClN4O3S/c1-3-27(4-2)32(30,31)21-15-16(13-14-19(21)24)25-23(29)22-18-11-8-12-20(18)28(26-22)17-9-6-5-7-10-17/h5-7,9-10,13-15H,3-4,8,11-12H2,1-2H3,(H,25,29). The van der Waals surface area contributed by atoms with Gasteiger partial charge in [0.25, 0.3) is 5.91 Å². The Kier molecular flexibility index (Phi) is 6.37. The summed E-state index contributed by atoms with van der Waals surface area (Å²) in [4.78, 5) is 13.1. The van der Waals surface area contributed by atoms with Crippen molar-refractivity contribution in [2.75, 3.05) is 18.4 Å². The molecule has 0 spiro atoms. The molecular formula is C23H25ClN4O3S. The van der Waals surface area contributed by atoms with Crippen LogP contribution in [0.3, 0.4) is 0 Å². The van der Waals surface area contributed by atoms with Crippen LogP contribution in [0.2, 0.25) is 5.02 Å². The minimum absolute atomic E-state index is 0.0271. The monoisotopic (exact) mass is 472 g/mol. The predicted octanol–water partition coefficient (Wildman–Crippen LogP) is 4.30. The van der Waals surface area contributed by atoms with E-state index in [0.717, 1.165) is 36.2 Å². The number of hydrogen-bond acceptors (Lipinski definition) is 4. The van der Waals surface area contributed by atoms with Gasteiger partial charge in [0.15, 0.2) is 5.69 Å². The Hall–Kier alpha value is -2.68. The molecule has 1 aliphatic carbocycles. The first kappa shape index (κ1) is 22.5. The molecule has 0 radical (unpaired) electrons. The van der Waals surface area contributed by atoms with Crippen LogP contribution in [-0.2, 0) is 22.9 Å². The minimum atomic E-state index is -3.77. The maximum absolute atomic E-state index is 13.1. The van der Waals surface area contributed by atoms with Crippen LogP contribution in [0.4, 0.5) is 5.69 Å². The van der Waals surface area contributed by atoms with E-state index in [4.69, 9.17) is 11.6 Å². The van der Waals surface area contributed by atoms with Gasteiger partial charge < -0.3 is 5.32 Å². The van der Waals surface area contributed by atoms with E-state index in [1.807, 2.05) is 35.0 Å². The highest BCUT2D eigenvalue weighted by Crippen LogP contribution is 2.30. The number of nitrogens with one attached hydrogen (secondary N) is 1. The van der Waals surface area contributed by atoms with Crippen LogP contribution in [0, 0.1) is 0 Å². The second-order valence-electron chi connectivity index (χ2n) is 7.56. The van der Waals surface area contributed by atoms with E-state index in [1.54, 1.807) is 19.9 Å². The third kappa shape index (κ3) is 4.05. The van der Waals surface area contributed by atoms with Crippen LogP contribution in [0.5, 0.6) is 0 Å². The second-order valence-corrected chi connectivity index (χ2v) is 9.88. The maximum atomic E-state index is 13.1. The summed E-state index contributed by atoms with van der Waals surface area (Å²) in [5.41, 5.74) is 3.61. The van der Waals surface area contributed by atoms with Crippen molar-refractivity contribution >= 4 is 33.2 Å². The van der Waals surface area contributed by atoms with Crippen molar-refractivity contribution in [3.05, 3.63) is 70.5 Å². The van der Waals surface area contributed by atoms with E-state index in [0.29, 0.717) is 24.5 Å². The molecule has 1 heterocycles. The highest BCUT2D eigenvalue weighted by molar-refractivity contribution is 7.89. The number of amides is 1. The quantitative estimate of drug-likeness (QED) is 0.555. The zero-order valence-electron chi connectivity index (χ0n) is 18.0. The van der Waals surface area contributed by atoms with Crippen LogP contribution in [-0.4, -0.2) is 41.5 Å². The van der Waals surface area contributed by atoms with Gasteiger partial charge in [0.1, 0.15) is 4.90 Å². The second kappa shape index (κ2) is 9.05. The van der Waals surface area contributed by atoms with Gasteiger partial charge in [-0.25, -0.2) is 13.1 Å². The molecule has 7 nitrogen and oxygen atoms in total. The molecule has 1 aromatic heterocycles. The Balaban J connectivity index is 1.66. The maximum Gasteiger partial charge on any atom is 0.276 e. The van der Waals surface area contributed by atoms with Gasteiger partial charge in [-0.1, -0.05) is 43.6 Å². The summed E-state index contributed by atoms with van der Waals surface area (Å²) in [5.74, 6) is -0.369. The molecule has 1 amide bonds. The molecule has 1 N–H and O–H groups in total. The summed E-state index contributed by atoms with van der Waals surface area (Å²) in [5, 5.41) is 7.52. The highest BCUT2D eigenvalue weighted by atomic mass is 35.5. The molecule has 3 aromatic rings.